The van der Waals surface area contributed by atoms with Gasteiger partial charge in [0.25, 0.3) is 10.1 Å². The molecule has 0 bridgehead atoms. The molecule has 0 heterocycles. The Kier molecular flexibility index (Phi) is 7.11. The molecule has 127 valence electrons. The van der Waals surface area contributed by atoms with E-state index in [4.69, 9.17) is 0 Å². The molecule has 0 fully saturated rings. The Labute approximate surface area is 167 Å². The summed E-state index contributed by atoms with van der Waals surface area (Å²) in [6, 6.07) is 7.48. The molecule has 2 aromatic rings. The molecule has 2 rings (SSSR count). The van der Waals surface area contributed by atoms with E-state index in [0.717, 1.165) is 16.5 Å². The molecule has 2 aromatic carbocycles. The molecule has 0 saturated heterocycles. The van der Waals surface area contributed by atoms with E-state index in [2.05, 4.69) is 27.7 Å². The summed E-state index contributed by atoms with van der Waals surface area (Å²) in [6.07, 6.45) is 0. The maximum Gasteiger partial charge on any atom is 0.295 e. The van der Waals surface area contributed by atoms with Crippen LogP contribution in [0.15, 0.2) is 29.2 Å². The zero-order valence-corrected chi connectivity index (χ0v) is 18.5. The van der Waals surface area contributed by atoms with Crippen molar-refractivity contribution in [2.24, 2.45) is 0 Å². The smallest absolute Gasteiger partial charge is 0.282 e. The van der Waals surface area contributed by atoms with Crippen LogP contribution in [0.25, 0.3) is 10.8 Å². The number of hydrogen-bond donors (Lipinski definition) is 1. The van der Waals surface area contributed by atoms with Gasteiger partial charge >= 0.3 is 0 Å². The summed E-state index contributed by atoms with van der Waals surface area (Å²) in [5.74, 6) is 0.451. The van der Waals surface area contributed by atoms with Crippen molar-refractivity contribution in [2.45, 2.75) is 64.2 Å². The Morgan fingerprint density at radius 3 is 1.54 bits per heavy atom. The molecule has 0 spiro atoms. The molecule has 0 aliphatic heterocycles. The van der Waals surface area contributed by atoms with E-state index in [-0.39, 0.29) is 52.2 Å². The van der Waals surface area contributed by atoms with Crippen LogP contribution in [0, 0.1) is 0 Å². The van der Waals surface area contributed by atoms with Gasteiger partial charge in [-0.2, -0.15) is 8.42 Å². The minimum Gasteiger partial charge on any atom is -0.282 e. The van der Waals surface area contributed by atoms with Gasteiger partial charge in [0.15, 0.2) is 0 Å². The second-order valence-electron chi connectivity index (χ2n) is 7.05. The van der Waals surface area contributed by atoms with Gasteiger partial charge in [0.2, 0.25) is 0 Å². The molecule has 0 aliphatic rings. The first-order chi connectivity index (χ1) is 10.6. The molecule has 0 atom stereocenters. The Balaban J connectivity index is 0.00000288. The topological polar surface area (TPSA) is 54.4 Å². The van der Waals surface area contributed by atoms with Crippen LogP contribution in [0.5, 0.6) is 0 Å². The average Bonchev–Trinajstić information content (AvgIpc) is 2.42. The molecule has 1 N–H and O–H groups in total. The Hall–Kier alpha value is -0.390. The molecule has 0 aliphatic carbocycles. The summed E-state index contributed by atoms with van der Waals surface area (Å²) < 4.78 is 34.3. The SMILES string of the molecule is CC(C)c1c(C(C)C)c(S(=O)(=O)O)c2ccccc2c1C(C)C.[Na]. The van der Waals surface area contributed by atoms with Gasteiger partial charge in [-0.1, -0.05) is 65.8 Å². The molecule has 5 heteroatoms. The van der Waals surface area contributed by atoms with Crippen LogP contribution in [0.1, 0.15) is 76.0 Å². The van der Waals surface area contributed by atoms with Crippen molar-refractivity contribution < 1.29 is 13.0 Å². The monoisotopic (exact) mass is 357 g/mol. The zero-order valence-electron chi connectivity index (χ0n) is 15.7. The predicted octanol–water partition coefficient (Wildman–Crippen LogP) is 5.08. The molecule has 0 amide bonds. The summed E-state index contributed by atoms with van der Waals surface area (Å²) >= 11 is 0. The van der Waals surface area contributed by atoms with Crippen molar-refractivity contribution >= 4 is 50.4 Å². The fraction of sp³-hybridized carbons (Fsp3) is 0.474. The van der Waals surface area contributed by atoms with Crippen LogP contribution < -0.4 is 0 Å². The number of fused-ring (bicyclic) bond motifs is 1. The van der Waals surface area contributed by atoms with Gasteiger partial charge < -0.3 is 0 Å². The van der Waals surface area contributed by atoms with Crippen LogP contribution in [-0.4, -0.2) is 42.5 Å². The molecule has 0 aromatic heterocycles. The Morgan fingerprint density at radius 1 is 0.750 bits per heavy atom. The van der Waals surface area contributed by atoms with E-state index in [9.17, 15) is 13.0 Å². The minimum atomic E-state index is -4.30. The Bertz CT molecular complexity index is 837. The second kappa shape index (κ2) is 7.88. The molecule has 1 radical (unpaired) electrons. The van der Waals surface area contributed by atoms with Crippen LogP contribution in [0.2, 0.25) is 0 Å². The number of benzene rings is 2. The van der Waals surface area contributed by atoms with E-state index in [0.29, 0.717) is 5.39 Å². The van der Waals surface area contributed by atoms with Crippen LogP contribution in [0.3, 0.4) is 0 Å². The number of hydrogen-bond acceptors (Lipinski definition) is 2. The number of rotatable bonds is 4. The Morgan fingerprint density at radius 2 is 1.17 bits per heavy atom. The quantitative estimate of drug-likeness (QED) is 0.613. The largest absolute Gasteiger partial charge is 0.295 e. The van der Waals surface area contributed by atoms with Gasteiger partial charge in [-0.15, -0.1) is 0 Å². The van der Waals surface area contributed by atoms with Gasteiger partial charge in [-0.3, -0.25) is 4.55 Å². The molecule has 3 nitrogen and oxygen atoms in total. The van der Waals surface area contributed by atoms with E-state index in [1.54, 1.807) is 6.07 Å². The summed E-state index contributed by atoms with van der Waals surface area (Å²) in [5.41, 5.74) is 3.00. The van der Waals surface area contributed by atoms with Crippen molar-refractivity contribution in [3.8, 4) is 0 Å². The van der Waals surface area contributed by atoms with Crippen molar-refractivity contribution in [1.29, 1.82) is 0 Å². The summed E-state index contributed by atoms with van der Waals surface area (Å²) in [7, 11) is -4.30. The predicted molar refractivity (Wildman–Crippen MR) is 102 cm³/mol. The molecule has 0 unspecified atom stereocenters. The van der Waals surface area contributed by atoms with Crippen molar-refractivity contribution in [3.63, 3.8) is 0 Å². The van der Waals surface area contributed by atoms with E-state index >= 15 is 0 Å². The average molecular weight is 357 g/mol. The third kappa shape index (κ3) is 3.88. The summed E-state index contributed by atoms with van der Waals surface area (Å²) in [6.45, 7) is 12.4. The van der Waals surface area contributed by atoms with Crippen LogP contribution >= 0.6 is 0 Å². The first-order valence-corrected chi connectivity index (χ1v) is 9.57. The fourth-order valence-corrected chi connectivity index (χ4v) is 4.65. The third-order valence-corrected chi connectivity index (χ3v) is 5.23. The van der Waals surface area contributed by atoms with Crippen molar-refractivity contribution in [2.75, 3.05) is 0 Å². The molecular weight excluding hydrogens is 331 g/mol. The van der Waals surface area contributed by atoms with Gasteiger partial charge in [-0.05, 0) is 39.8 Å². The van der Waals surface area contributed by atoms with Gasteiger partial charge in [-0.25, -0.2) is 0 Å². The molecule has 24 heavy (non-hydrogen) atoms. The van der Waals surface area contributed by atoms with Crippen molar-refractivity contribution in [3.05, 3.63) is 41.0 Å². The standard InChI is InChI=1S/C19H26O3S.Na/c1-11(2)16-14-9-7-8-10-15(14)19(23(20,21)22)18(13(5)6)17(16)12(3)4;/h7-13H,1-6H3,(H,20,21,22);. The fourth-order valence-electron chi connectivity index (χ4n) is 3.57. The van der Waals surface area contributed by atoms with Gasteiger partial charge in [0, 0.05) is 34.9 Å². The maximum atomic E-state index is 12.2. The normalized spacial score (nSPS) is 12.2. The van der Waals surface area contributed by atoms with Gasteiger partial charge in [0.1, 0.15) is 4.90 Å². The van der Waals surface area contributed by atoms with Gasteiger partial charge in [0.05, 0.1) is 0 Å². The first kappa shape index (κ1) is 21.7. The second-order valence-corrected chi connectivity index (χ2v) is 8.41. The van der Waals surface area contributed by atoms with E-state index < -0.39 is 10.1 Å². The third-order valence-electron chi connectivity index (χ3n) is 4.28. The van der Waals surface area contributed by atoms with E-state index in [1.807, 2.05) is 32.0 Å². The van der Waals surface area contributed by atoms with E-state index in [1.165, 1.54) is 5.56 Å². The summed E-state index contributed by atoms with van der Waals surface area (Å²) in [5, 5.41) is 1.54. The molecule has 0 saturated carbocycles. The molecular formula is C19H26NaO3S. The zero-order chi connectivity index (χ0) is 17.5. The first-order valence-electron chi connectivity index (χ1n) is 8.13. The maximum absolute atomic E-state index is 12.2. The van der Waals surface area contributed by atoms with Crippen LogP contribution in [0.4, 0.5) is 0 Å². The van der Waals surface area contributed by atoms with Crippen molar-refractivity contribution in [1.82, 2.24) is 0 Å². The minimum absolute atomic E-state index is 0. The van der Waals surface area contributed by atoms with Crippen LogP contribution in [-0.2, 0) is 10.1 Å². The summed E-state index contributed by atoms with van der Waals surface area (Å²) in [4.78, 5) is 0.0798.